The Kier molecular flexibility index (Phi) is 5.55. The van der Waals surface area contributed by atoms with Gasteiger partial charge in [-0.2, -0.15) is 0 Å². The van der Waals surface area contributed by atoms with E-state index in [9.17, 15) is 9.90 Å². The zero-order valence-electron chi connectivity index (χ0n) is 12.6. The fourth-order valence-electron chi connectivity index (χ4n) is 2.30. The van der Waals surface area contributed by atoms with Crippen molar-refractivity contribution in [2.75, 3.05) is 6.54 Å². The number of carbonyl (C=O) groups is 1. The van der Waals surface area contributed by atoms with Crippen LogP contribution in [0.1, 0.15) is 47.3 Å². The van der Waals surface area contributed by atoms with Gasteiger partial charge >= 0.3 is 0 Å². The van der Waals surface area contributed by atoms with Crippen molar-refractivity contribution in [1.82, 2.24) is 5.32 Å². The van der Waals surface area contributed by atoms with Crippen LogP contribution in [0.15, 0.2) is 12.1 Å². The summed E-state index contributed by atoms with van der Waals surface area (Å²) in [7, 11) is 0. The Morgan fingerprint density at radius 2 is 1.79 bits per heavy atom. The van der Waals surface area contributed by atoms with E-state index in [1.54, 1.807) is 0 Å². The van der Waals surface area contributed by atoms with Crippen molar-refractivity contribution in [3.8, 4) is 0 Å². The number of aliphatic hydroxyl groups excluding tert-OH is 1. The van der Waals surface area contributed by atoms with E-state index in [0.29, 0.717) is 6.54 Å². The molecule has 106 valence electrons. The minimum atomic E-state index is -0.486. The average Bonchev–Trinajstić information content (AvgIpc) is 2.33. The minimum absolute atomic E-state index is 0.0997. The van der Waals surface area contributed by atoms with Crippen LogP contribution in [0, 0.1) is 26.7 Å². The summed E-state index contributed by atoms with van der Waals surface area (Å²) in [6, 6.07) is 4.01. The van der Waals surface area contributed by atoms with Gasteiger partial charge in [0.05, 0.1) is 6.10 Å². The third kappa shape index (κ3) is 4.06. The molecular formula is C16H25NO2. The van der Waals surface area contributed by atoms with Crippen molar-refractivity contribution in [1.29, 1.82) is 0 Å². The first-order valence-corrected chi connectivity index (χ1v) is 6.90. The lowest BCUT2D eigenvalue weighted by Gasteiger charge is -2.18. The van der Waals surface area contributed by atoms with Crippen LogP contribution in [0.5, 0.6) is 0 Å². The Balaban J connectivity index is 2.74. The van der Waals surface area contributed by atoms with Gasteiger partial charge in [-0.3, -0.25) is 4.79 Å². The molecule has 1 aromatic carbocycles. The molecule has 0 aliphatic rings. The summed E-state index contributed by atoms with van der Waals surface area (Å²) >= 11 is 0. The molecule has 0 aliphatic heterocycles. The molecule has 2 unspecified atom stereocenters. The predicted octanol–water partition coefficient (Wildman–Crippen LogP) is 2.75. The number of hydrogen-bond donors (Lipinski definition) is 2. The molecule has 19 heavy (non-hydrogen) atoms. The summed E-state index contributed by atoms with van der Waals surface area (Å²) in [6.07, 6.45) is 0.416. The Hall–Kier alpha value is -1.35. The summed E-state index contributed by atoms with van der Waals surface area (Å²) in [5, 5.41) is 12.7. The van der Waals surface area contributed by atoms with Gasteiger partial charge in [-0.1, -0.05) is 38.0 Å². The molecule has 2 atom stereocenters. The highest BCUT2D eigenvalue weighted by Gasteiger charge is 2.16. The Morgan fingerprint density at radius 3 is 2.26 bits per heavy atom. The summed E-state index contributed by atoms with van der Waals surface area (Å²) in [5.41, 5.74) is 3.84. The second kappa shape index (κ2) is 6.71. The van der Waals surface area contributed by atoms with Gasteiger partial charge in [0.15, 0.2) is 0 Å². The van der Waals surface area contributed by atoms with Gasteiger partial charge in [-0.05, 0) is 37.8 Å². The first-order chi connectivity index (χ1) is 8.86. The zero-order chi connectivity index (χ0) is 14.6. The van der Waals surface area contributed by atoms with E-state index in [2.05, 4.69) is 5.32 Å². The fourth-order valence-corrected chi connectivity index (χ4v) is 2.30. The number of carbonyl (C=O) groups excluding carboxylic acids is 1. The number of benzene rings is 1. The minimum Gasteiger partial charge on any atom is -0.391 e. The molecule has 1 aromatic rings. The molecule has 0 spiro atoms. The Bertz CT molecular complexity index is 431. The van der Waals surface area contributed by atoms with Crippen LogP contribution in [-0.2, 0) is 0 Å². The first kappa shape index (κ1) is 15.7. The van der Waals surface area contributed by atoms with Crippen molar-refractivity contribution in [2.24, 2.45) is 5.92 Å². The molecule has 0 bridgehead atoms. The van der Waals surface area contributed by atoms with Crippen molar-refractivity contribution in [3.63, 3.8) is 0 Å². The highest BCUT2D eigenvalue weighted by atomic mass is 16.3. The number of nitrogens with one attached hydrogen (secondary N) is 1. The van der Waals surface area contributed by atoms with Crippen LogP contribution in [0.3, 0.4) is 0 Å². The number of hydrogen-bond acceptors (Lipinski definition) is 2. The lowest BCUT2D eigenvalue weighted by molar-refractivity contribution is 0.0849. The topological polar surface area (TPSA) is 49.3 Å². The van der Waals surface area contributed by atoms with Gasteiger partial charge in [0, 0.05) is 12.1 Å². The van der Waals surface area contributed by atoms with Crippen molar-refractivity contribution >= 4 is 5.91 Å². The van der Waals surface area contributed by atoms with Gasteiger partial charge in [-0.15, -0.1) is 0 Å². The van der Waals surface area contributed by atoms with Crippen LogP contribution >= 0.6 is 0 Å². The van der Waals surface area contributed by atoms with E-state index in [1.165, 1.54) is 0 Å². The molecule has 0 heterocycles. The van der Waals surface area contributed by atoms with Crippen molar-refractivity contribution < 1.29 is 9.90 Å². The maximum absolute atomic E-state index is 12.2. The van der Waals surface area contributed by atoms with Gasteiger partial charge < -0.3 is 10.4 Å². The number of aryl methyl sites for hydroxylation is 3. The maximum Gasteiger partial charge on any atom is 0.251 e. The molecule has 0 aromatic heterocycles. The van der Waals surface area contributed by atoms with Crippen molar-refractivity contribution in [2.45, 2.75) is 47.1 Å². The van der Waals surface area contributed by atoms with Gasteiger partial charge in [-0.25, -0.2) is 0 Å². The van der Waals surface area contributed by atoms with E-state index in [0.717, 1.165) is 28.7 Å². The molecule has 0 saturated heterocycles. The quantitative estimate of drug-likeness (QED) is 0.858. The molecular weight excluding hydrogens is 238 g/mol. The highest BCUT2D eigenvalue weighted by molar-refractivity contribution is 5.97. The van der Waals surface area contributed by atoms with E-state index in [4.69, 9.17) is 0 Å². The molecule has 0 fully saturated rings. The van der Waals surface area contributed by atoms with E-state index >= 15 is 0 Å². The third-order valence-electron chi connectivity index (χ3n) is 3.68. The summed E-state index contributed by atoms with van der Waals surface area (Å²) in [4.78, 5) is 12.2. The van der Waals surface area contributed by atoms with Crippen LogP contribution in [0.25, 0.3) is 0 Å². The van der Waals surface area contributed by atoms with E-state index in [-0.39, 0.29) is 11.8 Å². The second-order valence-corrected chi connectivity index (χ2v) is 5.44. The molecule has 3 nitrogen and oxygen atoms in total. The standard InChI is InChI=1S/C16H25NO2/c1-6-11(3)14(18)9-17-16(19)15-12(4)7-10(2)8-13(15)5/h7-8,11,14,18H,6,9H2,1-5H3,(H,17,19). The van der Waals surface area contributed by atoms with Gasteiger partial charge in [0.1, 0.15) is 0 Å². The number of rotatable bonds is 5. The average molecular weight is 263 g/mol. The Labute approximate surface area is 116 Å². The fraction of sp³-hybridized carbons (Fsp3) is 0.562. The summed E-state index contributed by atoms with van der Waals surface area (Å²) in [5.74, 6) is 0.0952. The van der Waals surface area contributed by atoms with Gasteiger partial charge in [0.2, 0.25) is 0 Å². The smallest absolute Gasteiger partial charge is 0.251 e. The van der Waals surface area contributed by atoms with Crippen LogP contribution in [-0.4, -0.2) is 23.7 Å². The monoisotopic (exact) mass is 263 g/mol. The van der Waals surface area contributed by atoms with Gasteiger partial charge in [0.25, 0.3) is 5.91 Å². The second-order valence-electron chi connectivity index (χ2n) is 5.44. The molecule has 0 aliphatic carbocycles. The number of aliphatic hydroxyl groups is 1. The highest BCUT2D eigenvalue weighted by Crippen LogP contribution is 2.16. The van der Waals surface area contributed by atoms with Crippen LogP contribution in [0.2, 0.25) is 0 Å². The van der Waals surface area contributed by atoms with Crippen LogP contribution < -0.4 is 5.32 Å². The van der Waals surface area contributed by atoms with Crippen LogP contribution in [0.4, 0.5) is 0 Å². The number of amides is 1. The largest absolute Gasteiger partial charge is 0.391 e. The molecule has 0 saturated carbocycles. The zero-order valence-corrected chi connectivity index (χ0v) is 12.6. The first-order valence-electron chi connectivity index (χ1n) is 6.90. The molecule has 1 rings (SSSR count). The summed E-state index contributed by atoms with van der Waals surface area (Å²) < 4.78 is 0. The molecule has 1 amide bonds. The SMILES string of the molecule is CCC(C)C(O)CNC(=O)c1c(C)cc(C)cc1C. The third-order valence-corrected chi connectivity index (χ3v) is 3.68. The van der Waals surface area contributed by atoms with E-state index < -0.39 is 6.10 Å². The molecule has 2 N–H and O–H groups in total. The Morgan fingerprint density at radius 1 is 1.26 bits per heavy atom. The van der Waals surface area contributed by atoms with Crippen molar-refractivity contribution in [3.05, 3.63) is 34.4 Å². The molecule has 3 heteroatoms. The maximum atomic E-state index is 12.2. The summed E-state index contributed by atoms with van der Waals surface area (Å²) in [6.45, 7) is 10.2. The van der Waals surface area contributed by atoms with E-state index in [1.807, 2.05) is 46.8 Å². The predicted molar refractivity (Wildman–Crippen MR) is 78.4 cm³/mol. The lowest BCUT2D eigenvalue weighted by atomic mass is 9.98. The molecule has 0 radical (unpaired) electrons. The normalized spacial score (nSPS) is 14.0. The lowest BCUT2D eigenvalue weighted by Crippen LogP contribution is -2.36.